The molecule has 0 spiro atoms. The number of benzene rings is 1. The summed E-state index contributed by atoms with van der Waals surface area (Å²) < 4.78 is 0.979. The van der Waals surface area contributed by atoms with Gasteiger partial charge in [-0.1, -0.05) is 28.9 Å². The topological polar surface area (TPSA) is 41.1 Å². The first kappa shape index (κ1) is 10.6. The van der Waals surface area contributed by atoms with Gasteiger partial charge >= 0.3 is 0 Å². The van der Waals surface area contributed by atoms with Gasteiger partial charge in [-0.15, -0.1) is 0 Å². The minimum Gasteiger partial charge on any atom is -0.324 e. The van der Waals surface area contributed by atoms with Crippen molar-refractivity contribution in [3.05, 3.63) is 28.2 Å². The van der Waals surface area contributed by atoms with Crippen LogP contribution in [-0.4, -0.2) is 12.5 Å². The monoisotopic (exact) mass is 268 g/mol. The smallest absolute Gasteiger partial charge is 0.246 e. The standard InChI is InChI=1S/C11H13BrN2O/c1-2-6-13-10-9-7(12)4-3-5-8(9)14-11(10)15/h3-5,10,13H,2,6H2,1H3,(H,14,15). The zero-order valence-electron chi connectivity index (χ0n) is 8.51. The number of nitrogens with one attached hydrogen (secondary N) is 2. The van der Waals surface area contributed by atoms with Crippen molar-refractivity contribution < 1.29 is 4.79 Å². The molecule has 3 nitrogen and oxygen atoms in total. The third-order valence-electron chi connectivity index (χ3n) is 2.46. The summed E-state index contributed by atoms with van der Waals surface area (Å²) in [4.78, 5) is 11.7. The molecule has 1 aromatic carbocycles. The number of hydrogen-bond donors (Lipinski definition) is 2. The summed E-state index contributed by atoms with van der Waals surface area (Å²) >= 11 is 3.47. The van der Waals surface area contributed by atoms with Crippen LogP contribution in [0.5, 0.6) is 0 Å². The Labute approximate surface area is 97.4 Å². The zero-order valence-corrected chi connectivity index (χ0v) is 10.1. The highest BCUT2D eigenvalue weighted by molar-refractivity contribution is 9.10. The zero-order chi connectivity index (χ0) is 10.8. The number of hydrogen-bond acceptors (Lipinski definition) is 2. The summed E-state index contributed by atoms with van der Waals surface area (Å²) in [5.74, 6) is 0.0327. The molecule has 0 radical (unpaired) electrons. The Kier molecular flexibility index (Phi) is 3.07. The van der Waals surface area contributed by atoms with Crippen molar-refractivity contribution in [3.8, 4) is 0 Å². The number of rotatable bonds is 3. The predicted molar refractivity (Wildman–Crippen MR) is 63.8 cm³/mol. The molecule has 0 bridgehead atoms. The minimum absolute atomic E-state index is 0.0327. The normalized spacial score (nSPS) is 18.8. The maximum Gasteiger partial charge on any atom is 0.246 e. The average Bonchev–Trinajstić information content (AvgIpc) is 2.53. The van der Waals surface area contributed by atoms with E-state index in [0.717, 1.165) is 28.7 Å². The van der Waals surface area contributed by atoms with Crippen LogP contribution in [0.15, 0.2) is 22.7 Å². The van der Waals surface area contributed by atoms with Gasteiger partial charge in [0.25, 0.3) is 0 Å². The SMILES string of the molecule is CCCNC1C(=O)Nc2cccc(Br)c21. The molecule has 0 aromatic heterocycles. The molecule has 80 valence electrons. The Morgan fingerprint density at radius 3 is 3.07 bits per heavy atom. The molecule has 2 N–H and O–H groups in total. The van der Waals surface area contributed by atoms with E-state index >= 15 is 0 Å². The van der Waals surface area contributed by atoms with Crippen LogP contribution in [0.2, 0.25) is 0 Å². The van der Waals surface area contributed by atoms with E-state index < -0.39 is 0 Å². The molecular formula is C11H13BrN2O. The van der Waals surface area contributed by atoms with Crippen molar-refractivity contribution >= 4 is 27.5 Å². The van der Waals surface area contributed by atoms with Crippen LogP contribution in [0.1, 0.15) is 24.9 Å². The van der Waals surface area contributed by atoms with Crippen LogP contribution in [0.3, 0.4) is 0 Å². The van der Waals surface area contributed by atoms with E-state index in [4.69, 9.17) is 0 Å². The number of carbonyl (C=O) groups excluding carboxylic acids is 1. The van der Waals surface area contributed by atoms with Gasteiger partial charge in [0, 0.05) is 15.7 Å². The molecule has 15 heavy (non-hydrogen) atoms. The maximum absolute atomic E-state index is 11.7. The summed E-state index contributed by atoms with van der Waals surface area (Å²) in [5, 5.41) is 6.10. The quantitative estimate of drug-likeness (QED) is 0.884. The van der Waals surface area contributed by atoms with E-state index in [1.54, 1.807) is 0 Å². The number of carbonyl (C=O) groups is 1. The van der Waals surface area contributed by atoms with Gasteiger partial charge in [-0.05, 0) is 25.1 Å². The molecule has 0 saturated carbocycles. The van der Waals surface area contributed by atoms with Gasteiger partial charge in [0.1, 0.15) is 6.04 Å². The molecule has 1 aromatic rings. The second-order valence-corrected chi connectivity index (χ2v) is 4.43. The fourth-order valence-electron chi connectivity index (χ4n) is 1.76. The highest BCUT2D eigenvalue weighted by Gasteiger charge is 2.31. The van der Waals surface area contributed by atoms with Crippen LogP contribution in [0.25, 0.3) is 0 Å². The van der Waals surface area contributed by atoms with Gasteiger partial charge in [0.2, 0.25) is 5.91 Å². The van der Waals surface area contributed by atoms with Gasteiger partial charge in [-0.3, -0.25) is 4.79 Å². The molecule has 1 heterocycles. The number of anilines is 1. The minimum atomic E-state index is -0.212. The van der Waals surface area contributed by atoms with Crippen molar-refractivity contribution in [1.29, 1.82) is 0 Å². The van der Waals surface area contributed by atoms with Crippen molar-refractivity contribution in [1.82, 2.24) is 5.32 Å². The third kappa shape index (κ3) is 1.92. The summed E-state index contributed by atoms with van der Waals surface area (Å²) in [7, 11) is 0. The first-order valence-corrected chi connectivity index (χ1v) is 5.86. The molecule has 2 rings (SSSR count). The lowest BCUT2D eigenvalue weighted by atomic mass is 10.1. The fourth-order valence-corrected chi connectivity index (χ4v) is 2.35. The van der Waals surface area contributed by atoms with Crippen LogP contribution in [-0.2, 0) is 4.79 Å². The molecule has 1 unspecified atom stereocenters. The molecule has 1 aliphatic rings. The van der Waals surface area contributed by atoms with Crippen molar-refractivity contribution in [2.75, 3.05) is 11.9 Å². The van der Waals surface area contributed by atoms with Crippen LogP contribution >= 0.6 is 15.9 Å². The lowest BCUT2D eigenvalue weighted by Gasteiger charge is -2.11. The lowest BCUT2D eigenvalue weighted by molar-refractivity contribution is -0.117. The van der Waals surface area contributed by atoms with E-state index in [2.05, 4.69) is 33.5 Å². The van der Waals surface area contributed by atoms with E-state index in [9.17, 15) is 4.79 Å². The largest absolute Gasteiger partial charge is 0.324 e. The predicted octanol–water partition coefficient (Wildman–Crippen LogP) is 2.44. The molecule has 0 fully saturated rings. The number of fused-ring (bicyclic) bond motifs is 1. The van der Waals surface area contributed by atoms with Crippen molar-refractivity contribution in [2.24, 2.45) is 0 Å². The molecule has 4 heteroatoms. The Hall–Kier alpha value is -0.870. The summed E-state index contributed by atoms with van der Waals surface area (Å²) in [6, 6.07) is 5.59. The fraction of sp³-hybridized carbons (Fsp3) is 0.364. The van der Waals surface area contributed by atoms with E-state index in [1.807, 2.05) is 18.2 Å². The number of halogens is 1. The van der Waals surface area contributed by atoms with Gasteiger partial charge in [0.05, 0.1) is 0 Å². The van der Waals surface area contributed by atoms with Crippen molar-refractivity contribution in [2.45, 2.75) is 19.4 Å². The van der Waals surface area contributed by atoms with Crippen LogP contribution in [0.4, 0.5) is 5.69 Å². The second kappa shape index (κ2) is 4.33. The Balaban J connectivity index is 2.31. The first-order valence-electron chi connectivity index (χ1n) is 5.06. The molecule has 1 atom stereocenters. The Morgan fingerprint density at radius 2 is 2.33 bits per heavy atom. The summed E-state index contributed by atoms with van der Waals surface area (Å²) in [6.45, 7) is 2.93. The molecular weight excluding hydrogens is 256 g/mol. The van der Waals surface area contributed by atoms with E-state index in [-0.39, 0.29) is 11.9 Å². The van der Waals surface area contributed by atoms with Gasteiger partial charge in [0.15, 0.2) is 0 Å². The van der Waals surface area contributed by atoms with Crippen molar-refractivity contribution in [3.63, 3.8) is 0 Å². The summed E-state index contributed by atoms with van der Waals surface area (Å²) in [6.07, 6.45) is 1.02. The van der Waals surface area contributed by atoms with E-state index in [1.165, 1.54) is 0 Å². The molecule has 1 aliphatic heterocycles. The first-order chi connectivity index (χ1) is 7.24. The Bertz CT molecular complexity index is 392. The molecule has 0 saturated heterocycles. The molecule has 0 aliphatic carbocycles. The number of amides is 1. The highest BCUT2D eigenvalue weighted by Crippen LogP contribution is 2.36. The van der Waals surface area contributed by atoms with Crippen LogP contribution in [0, 0.1) is 0 Å². The van der Waals surface area contributed by atoms with Gasteiger partial charge < -0.3 is 10.6 Å². The van der Waals surface area contributed by atoms with E-state index in [0.29, 0.717) is 0 Å². The lowest BCUT2D eigenvalue weighted by Crippen LogP contribution is -2.28. The van der Waals surface area contributed by atoms with Gasteiger partial charge in [-0.2, -0.15) is 0 Å². The molecule has 1 amide bonds. The second-order valence-electron chi connectivity index (χ2n) is 3.58. The Morgan fingerprint density at radius 1 is 1.53 bits per heavy atom. The maximum atomic E-state index is 11.7. The van der Waals surface area contributed by atoms with Gasteiger partial charge in [-0.25, -0.2) is 0 Å². The highest BCUT2D eigenvalue weighted by atomic mass is 79.9. The van der Waals surface area contributed by atoms with Crippen LogP contribution < -0.4 is 10.6 Å². The average molecular weight is 269 g/mol. The summed E-state index contributed by atoms with van der Waals surface area (Å²) in [5.41, 5.74) is 1.93. The third-order valence-corrected chi connectivity index (χ3v) is 3.15.